The zero-order valence-corrected chi connectivity index (χ0v) is 15.7. The maximum absolute atomic E-state index is 12.8. The predicted octanol–water partition coefficient (Wildman–Crippen LogP) is 3.94. The SMILES string of the molecule is CCCC(=O)Nc1ccc(N2CCCCC2)c(C(=O)N[C@H](C)CC)c1. The highest BCUT2D eigenvalue weighted by Gasteiger charge is 2.20. The molecule has 0 radical (unpaired) electrons. The van der Waals surface area contributed by atoms with Gasteiger partial charge in [0.1, 0.15) is 0 Å². The third-order valence-electron chi connectivity index (χ3n) is 4.69. The van der Waals surface area contributed by atoms with Gasteiger partial charge in [-0.15, -0.1) is 0 Å². The van der Waals surface area contributed by atoms with E-state index in [1.807, 2.05) is 32.0 Å². The van der Waals surface area contributed by atoms with Gasteiger partial charge in [0.05, 0.1) is 5.56 Å². The molecule has 138 valence electrons. The number of hydrogen-bond acceptors (Lipinski definition) is 3. The Balaban J connectivity index is 2.27. The summed E-state index contributed by atoms with van der Waals surface area (Å²) in [7, 11) is 0. The van der Waals surface area contributed by atoms with Gasteiger partial charge in [-0.2, -0.15) is 0 Å². The monoisotopic (exact) mass is 345 g/mol. The Morgan fingerprint density at radius 2 is 1.88 bits per heavy atom. The smallest absolute Gasteiger partial charge is 0.253 e. The molecule has 2 amide bonds. The van der Waals surface area contributed by atoms with E-state index < -0.39 is 0 Å². The van der Waals surface area contributed by atoms with Gasteiger partial charge in [-0.1, -0.05) is 13.8 Å². The van der Waals surface area contributed by atoms with Crippen molar-refractivity contribution in [3.05, 3.63) is 23.8 Å². The van der Waals surface area contributed by atoms with Crippen molar-refractivity contribution in [2.75, 3.05) is 23.3 Å². The lowest BCUT2D eigenvalue weighted by Gasteiger charge is -2.31. The Labute approximate surface area is 151 Å². The quantitative estimate of drug-likeness (QED) is 0.787. The first-order valence-corrected chi connectivity index (χ1v) is 9.54. The number of anilines is 2. The van der Waals surface area contributed by atoms with Crippen LogP contribution in [0.1, 0.15) is 69.7 Å². The molecule has 1 heterocycles. The van der Waals surface area contributed by atoms with Crippen molar-refractivity contribution in [2.45, 2.75) is 65.3 Å². The van der Waals surface area contributed by atoms with Crippen LogP contribution >= 0.6 is 0 Å². The van der Waals surface area contributed by atoms with Gasteiger partial charge in [-0.05, 0) is 57.2 Å². The average molecular weight is 345 g/mol. The summed E-state index contributed by atoms with van der Waals surface area (Å²) in [6, 6.07) is 5.81. The molecule has 1 saturated heterocycles. The van der Waals surface area contributed by atoms with Gasteiger partial charge in [-0.25, -0.2) is 0 Å². The molecule has 0 unspecified atom stereocenters. The van der Waals surface area contributed by atoms with Gasteiger partial charge >= 0.3 is 0 Å². The van der Waals surface area contributed by atoms with Crippen LogP contribution in [-0.4, -0.2) is 30.9 Å². The second-order valence-corrected chi connectivity index (χ2v) is 6.86. The van der Waals surface area contributed by atoms with Crippen LogP contribution in [0.15, 0.2) is 18.2 Å². The van der Waals surface area contributed by atoms with Crippen molar-refractivity contribution in [1.82, 2.24) is 5.32 Å². The number of hydrogen-bond donors (Lipinski definition) is 2. The molecule has 0 aliphatic carbocycles. The van der Waals surface area contributed by atoms with Crippen molar-refractivity contribution >= 4 is 23.2 Å². The highest BCUT2D eigenvalue weighted by molar-refractivity contribution is 6.02. The summed E-state index contributed by atoms with van der Waals surface area (Å²) >= 11 is 0. The van der Waals surface area contributed by atoms with Crippen LogP contribution in [0.4, 0.5) is 11.4 Å². The molecule has 1 aromatic carbocycles. The van der Waals surface area contributed by atoms with Crippen LogP contribution in [0.2, 0.25) is 0 Å². The normalized spacial score (nSPS) is 15.6. The molecule has 2 rings (SSSR count). The van der Waals surface area contributed by atoms with Crippen molar-refractivity contribution in [2.24, 2.45) is 0 Å². The van der Waals surface area contributed by atoms with E-state index in [0.29, 0.717) is 17.7 Å². The highest BCUT2D eigenvalue weighted by atomic mass is 16.2. The van der Waals surface area contributed by atoms with E-state index in [0.717, 1.165) is 44.5 Å². The third kappa shape index (κ3) is 5.48. The summed E-state index contributed by atoms with van der Waals surface area (Å²) in [5, 5.41) is 5.95. The molecule has 0 saturated carbocycles. The zero-order valence-electron chi connectivity index (χ0n) is 15.7. The molecule has 1 aromatic rings. The van der Waals surface area contributed by atoms with Gasteiger partial charge in [0.15, 0.2) is 0 Å². The molecular weight excluding hydrogens is 314 g/mol. The van der Waals surface area contributed by atoms with Gasteiger partial charge in [0, 0.05) is 36.9 Å². The number of carbonyl (C=O) groups excluding carboxylic acids is 2. The maximum atomic E-state index is 12.8. The summed E-state index contributed by atoms with van der Waals surface area (Å²) in [5.74, 6) is -0.0805. The van der Waals surface area contributed by atoms with Gasteiger partial charge < -0.3 is 15.5 Å². The van der Waals surface area contributed by atoms with E-state index in [4.69, 9.17) is 0 Å². The Bertz CT molecular complexity index is 595. The van der Waals surface area contributed by atoms with Crippen LogP contribution in [-0.2, 0) is 4.79 Å². The summed E-state index contributed by atoms with van der Waals surface area (Å²) in [4.78, 5) is 27.0. The summed E-state index contributed by atoms with van der Waals surface area (Å²) in [6.07, 6.45) is 5.73. The number of amides is 2. The molecule has 0 bridgehead atoms. The van der Waals surface area contributed by atoms with Crippen molar-refractivity contribution < 1.29 is 9.59 Å². The number of benzene rings is 1. The maximum Gasteiger partial charge on any atom is 0.253 e. The van der Waals surface area contributed by atoms with E-state index in [2.05, 4.69) is 22.5 Å². The molecule has 25 heavy (non-hydrogen) atoms. The second-order valence-electron chi connectivity index (χ2n) is 6.86. The minimum Gasteiger partial charge on any atom is -0.371 e. The molecule has 5 heteroatoms. The van der Waals surface area contributed by atoms with E-state index in [1.165, 1.54) is 6.42 Å². The van der Waals surface area contributed by atoms with Crippen LogP contribution < -0.4 is 15.5 Å². The van der Waals surface area contributed by atoms with E-state index in [1.54, 1.807) is 0 Å². The fraction of sp³-hybridized carbons (Fsp3) is 0.600. The predicted molar refractivity (Wildman–Crippen MR) is 103 cm³/mol. The van der Waals surface area contributed by atoms with Gasteiger partial charge in [0.25, 0.3) is 5.91 Å². The largest absolute Gasteiger partial charge is 0.371 e. The second kappa shape index (κ2) is 9.44. The minimum atomic E-state index is -0.0680. The summed E-state index contributed by atoms with van der Waals surface area (Å²) in [5.41, 5.74) is 2.30. The molecule has 2 N–H and O–H groups in total. The summed E-state index contributed by atoms with van der Waals surface area (Å²) < 4.78 is 0. The van der Waals surface area contributed by atoms with Crippen molar-refractivity contribution in [3.8, 4) is 0 Å². The lowest BCUT2D eigenvalue weighted by Crippen LogP contribution is -2.35. The minimum absolute atomic E-state index is 0.0125. The lowest BCUT2D eigenvalue weighted by atomic mass is 10.1. The summed E-state index contributed by atoms with van der Waals surface area (Å²) in [6.45, 7) is 7.99. The first-order chi connectivity index (χ1) is 12.0. The van der Waals surface area contributed by atoms with Crippen LogP contribution in [0.3, 0.4) is 0 Å². The molecular formula is C20H31N3O2. The van der Waals surface area contributed by atoms with E-state index >= 15 is 0 Å². The number of nitrogens with zero attached hydrogens (tertiary/aromatic N) is 1. The molecule has 0 spiro atoms. The first-order valence-electron chi connectivity index (χ1n) is 9.54. The molecule has 1 aliphatic heterocycles. The fourth-order valence-electron chi connectivity index (χ4n) is 3.06. The van der Waals surface area contributed by atoms with E-state index in [-0.39, 0.29) is 17.9 Å². The highest BCUT2D eigenvalue weighted by Crippen LogP contribution is 2.27. The Morgan fingerprint density at radius 3 is 2.52 bits per heavy atom. The molecule has 5 nitrogen and oxygen atoms in total. The van der Waals surface area contributed by atoms with Crippen molar-refractivity contribution in [1.29, 1.82) is 0 Å². The van der Waals surface area contributed by atoms with Crippen LogP contribution in [0, 0.1) is 0 Å². The van der Waals surface area contributed by atoms with Gasteiger partial charge in [-0.3, -0.25) is 9.59 Å². The first kappa shape index (κ1) is 19.3. The number of rotatable bonds is 7. The standard InChI is InChI=1S/C20H31N3O2/c1-4-9-19(24)22-16-10-11-18(23-12-7-6-8-13-23)17(14-16)20(25)21-15(3)5-2/h10-11,14-15H,4-9,12-13H2,1-3H3,(H,21,25)(H,22,24)/t15-/m1/s1. The molecule has 1 fully saturated rings. The molecule has 0 aromatic heterocycles. The fourth-order valence-corrected chi connectivity index (χ4v) is 3.06. The Hall–Kier alpha value is -2.04. The average Bonchev–Trinajstić information content (AvgIpc) is 2.62. The molecule has 1 atom stereocenters. The number of carbonyl (C=O) groups is 2. The van der Waals surface area contributed by atoms with E-state index in [9.17, 15) is 9.59 Å². The van der Waals surface area contributed by atoms with Crippen molar-refractivity contribution in [3.63, 3.8) is 0 Å². The lowest BCUT2D eigenvalue weighted by molar-refractivity contribution is -0.116. The number of nitrogens with one attached hydrogen (secondary N) is 2. The molecule has 1 aliphatic rings. The Morgan fingerprint density at radius 1 is 1.16 bits per heavy atom. The van der Waals surface area contributed by atoms with Crippen LogP contribution in [0.25, 0.3) is 0 Å². The van der Waals surface area contributed by atoms with Crippen LogP contribution in [0.5, 0.6) is 0 Å². The third-order valence-corrected chi connectivity index (χ3v) is 4.69. The topological polar surface area (TPSA) is 61.4 Å². The number of piperidine rings is 1. The van der Waals surface area contributed by atoms with Gasteiger partial charge in [0.2, 0.25) is 5.91 Å². The Kier molecular flexibility index (Phi) is 7.29. The zero-order chi connectivity index (χ0) is 18.2.